The summed E-state index contributed by atoms with van der Waals surface area (Å²) >= 11 is 0. The molecule has 0 amide bonds. The quantitative estimate of drug-likeness (QED) is 0.802. The maximum Gasteiger partial charge on any atom is 0.160 e. The molecule has 1 atom stereocenters. The van der Waals surface area contributed by atoms with Gasteiger partial charge in [-0.15, -0.1) is 0 Å². The molecule has 2 aromatic rings. The summed E-state index contributed by atoms with van der Waals surface area (Å²) in [6, 6.07) is 1.91. The average Bonchev–Trinajstić information content (AvgIpc) is 3.31. The van der Waals surface area contributed by atoms with Crippen molar-refractivity contribution in [1.82, 2.24) is 19.3 Å². The van der Waals surface area contributed by atoms with Gasteiger partial charge in [0.05, 0.1) is 17.5 Å². The van der Waals surface area contributed by atoms with Gasteiger partial charge < -0.3 is 9.30 Å². The van der Waals surface area contributed by atoms with Crippen molar-refractivity contribution in [2.24, 2.45) is 0 Å². The smallest absolute Gasteiger partial charge is 0.160 e. The van der Waals surface area contributed by atoms with Crippen LogP contribution in [0.4, 0.5) is 0 Å². The summed E-state index contributed by atoms with van der Waals surface area (Å²) in [5.74, 6) is 2.26. The molecule has 4 heterocycles. The van der Waals surface area contributed by atoms with E-state index in [0.29, 0.717) is 6.42 Å². The molecular weight excluding hydrogens is 364 g/mol. The fourth-order valence-corrected chi connectivity index (χ4v) is 5.53. The van der Waals surface area contributed by atoms with Crippen LogP contribution in [0, 0.1) is 0 Å². The van der Waals surface area contributed by atoms with Crippen LogP contribution < -0.4 is 0 Å². The van der Waals surface area contributed by atoms with E-state index in [1.54, 1.807) is 0 Å². The van der Waals surface area contributed by atoms with Crippen molar-refractivity contribution in [3.05, 3.63) is 24.3 Å². The van der Waals surface area contributed by atoms with E-state index in [1.165, 1.54) is 0 Å². The number of hydrogen-bond donors (Lipinski definition) is 0. The van der Waals surface area contributed by atoms with Crippen LogP contribution in [0.15, 0.2) is 18.5 Å². The van der Waals surface area contributed by atoms with Gasteiger partial charge in [0.15, 0.2) is 21.5 Å². The number of nitrogens with zero attached hydrogens (tertiary/aromatic N) is 4. The molecule has 0 saturated carbocycles. The molecule has 2 aromatic heterocycles. The Morgan fingerprint density at radius 2 is 1.93 bits per heavy atom. The number of sulfone groups is 1. The van der Waals surface area contributed by atoms with Gasteiger partial charge in [-0.05, 0) is 46.1 Å². The predicted molar refractivity (Wildman–Crippen MR) is 104 cm³/mol. The molecule has 2 aliphatic rings. The molecule has 0 aromatic carbocycles. The molecule has 7 nitrogen and oxygen atoms in total. The standard InChI is InChI=1S/C19H28N4O3S/c1-19(2,3)22-8-4-15(12-22)18-20-17(14-5-9-26-10-6-14)21-23(18)16-7-11-27(24,25)13-16/h4,8,12,14,16H,5-7,9-11,13H2,1-3H3. The van der Waals surface area contributed by atoms with Gasteiger partial charge >= 0.3 is 0 Å². The first-order chi connectivity index (χ1) is 12.7. The lowest BCUT2D eigenvalue weighted by Gasteiger charge is -2.20. The minimum absolute atomic E-state index is 0.0245. The molecule has 0 radical (unpaired) electrons. The van der Waals surface area contributed by atoms with Crippen LogP contribution in [0.1, 0.15) is 57.8 Å². The molecular formula is C19H28N4O3S. The Bertz CT molecular complexity index is 917. The largest absolute Gasteiger partial charge is 0.381 e. The fraction of sp³-hybridized carbons (Fsp3) is 0.684. The first kappa shape index (κ1) is 18.7. The van der Waals surface area contributed by atoms with E-state index in [4.69, 9.17) is 14.8 Å². The first-order valence-electron chi connectivity index (χ1n) is 9.66. The van der Waals surface area contributed by atoms with Gasteiger partial charge in [0.25, 0.3) is 0 Å². The molecule has 148 valence electrons. The summed E-state index contributed by atoms with van der Waals surface area (Å²) in [6.07, 6.45) is 6.56. The molecule has 2 aliphatic heterocycles. The maximum atomic E-state index is 12.0. The SMILES string of the molecule is CC(C)(C)n1ccc(-c2nc(C3CCOCC3)nn2C2CCS(=O)(=O)C2)c1. The third-order valence-corrected chi connectivity index (χ3v) is 7.26. The second kappa shape index (κ2) is 6.74. The van der Waals surface area contributed by atoms with Crippen molar-refractivity contribution in [3.8, 4) is 11.4 Å². The van der Waals surface area contributed by atoms with Crippen LogP contribution in [0.5, 0.6) is 0 Å². The summed E-state index contributed by atoms with van der Waals surface area (Å²) in [7, 11) is -2.99. The van der Waals surface area contributed by atoms with Crippen molar-refractivity contribution in [3.63, 3.8) is 0 Å². The van der Waals surface area contributed by atoms with E-state index < -0.39 is 9.84 Å². The van der Waals surface area contributed by atoms with Crippen molar-refractivity contribution in [1.29, 1.82) is 0 Å². The first-order valence-corrected chi connectivity index (χ1v) is 11.5. The topological polar surface area (TPSA) is 79.0 Å². The van der Waals surface area contributed by atoms with Crippen LogP contribution in [-0.2, 0) is 20.1 Å². The summed E-state index contributed by atoms with van der Waals surface area (Å²) in [5.41, 5.74) is 0.962. The zero-order valence-electron chi connectivity index (χ0n) is 16.3. The number of aromatic nitrogens is 4. The van der Waals surface area contributed by atoms with Gasteiger partial charge in [-0.25, -0.2) is 18.1 Å². The van der Waals surface area contributed by atoms with E-state index in [0.717, 1.165) is 43.3 Å². The van der Waals surface area contributed by atoms with E-state index in [-0.39, 0.29) is 29.0 Å². The van der Waals surface area contributed by atoms with Crippen LogP contribution in [0.2, 0.25) is 0 Å². The molecule has 2 saturated heterocycles. The highest BCUT2D eigenvalue weighted by Gasteiger charge is 2.33. The molecule has 0 spiro atoms. The lowest BCUT2D eigenvalue weighted by Crippen LogP contribution is -2.19. The van der Waals surface area contributed by atoms with E-state index in [9.17, 15) is 8.42 Å². The fourth-order valence-electron chi connectivity index (χ4n) is 3.83. The monoisotopic (exact) mass is 392 g/mol. The highest BCUT2D eigenvalue weighted by molar-refractivity contribution is 7.91. The van der Waals surface area contributed by atoms with Gasteiger partial charge in [0, 0.05) is 42.6 Å². The van der Waals surface area contributed by atoms with E-state index in [1.807, 2.05) is 16.9 Å². The zero-order chi connectivity index (χ0) is 19.2. The second-order valence-corrected chi connectivity index (χ2v) is 10.9. The molecule has 2 fully saturated rings. The molecule has 4 rings (SSSR count). The Morgan fingerprint density at radius 1 is 1.19 bits per heavy atom. The van der Waals surface area contributed by atoms with Crippen LogP contribution in [-0.4, -0.2) is 52.5 Å². The molecule has 0 bridgehead atoms. The lowest BCUT2D eigenvalue weighted by molar-refractivity contribution is 0.0835. The Labute approximate surface area is 160 Å². The minimum Gasteiger partial charge on any atom is -0.381 e. The van der Waals surface area contributed by atoms with E-state index >= 15 is 0 Å². The van der Waals surface area contributed by atoms with Crippen LogP contribution >= 0.6 is 0 Å². The summed E-state index contributed by atoms with van der Waals surface area (Å²) in [4.78, 5) is 4.88. The average molecular weight is 393 g/mol. The highest BCUT2D eigenvalue weighted by Crippen LogP contribution is 2.32. The van der Waals surface area contributed by atoms with Gasteiger partial charge in [0.2, 0.25) is 0 Å². The maximum absolute atomic E-state index is 12.0. The lowest BCUT2D eigenvalue weighted by atomic mass is 10.00. The third-order valence-electron chi connectivity index (χ3n) is 5.51. The van der Waals surface area contributed by atoms with Crippen molar-refractivity contribution in [2.45, 2.75) is 57.5 Å². The molecule has 0 aliphatic carbocycles. The van der Waals surface area contributed by atoms with E-state index in [2.05, 4.69) is 31.5 Å². The molecule has 27 heavy (non-hydrogen) atoms. The van der Waals surface area contributed by atoms with Crippen LogP contribution in [0.3, 0.4) is 0 Å². The van der Waals surface area contributed by atoms with Gasteiger partial charge in [0.1, 0.15) is 0 Å². The molecule has 8 heteroatoms. The Morgan fingerprint density at radius 3 is 2.52 bits per heavy atom. The Kier molecular flexibility index (Phi) is 4.66. The van der Waals surface area contributed by atoms with Crippen LogP contribution in [0.25, 0.3) is 11.4 Å². The highest BCUT2D eigenvalue weighted by atomic mass is 32.2. The van der Waals surface area contributed by atoms with Gasteiger partial charge in [-0.3, -0.25) is 0 Å². The number of ether oxygens (including phenoxy) is 1. The summed E-state index contributed by atoms with van der Waals surface area (Å²) in [5, 5.41) is 4.81. The van der Waals surface area contributed by atoms with Crippen molar-refractivity contribution < 1.29 is 13.2 Å². The number of rotatable bonds is 3. The predicted octanol–water partition coefficient (Wildman–Crippen LogP) is 2.76. The molecule has 1 unspecified atom stereocenters. The normalized spacial score (nSPS) is 23.7. The molecule has 0 N–H and O–H groups in total. The Balaban J connectivity index is 1.74. The number of hydrogen-bond acceptors (Lipinski definition) is 5. The zero-order valence-corrected chi connectivity index (χ0v) is 17.1. The van der Waals surface area contributed by atoms with Crippen molar-refractivity contribution >= 4 is 9.84 Å². The van der Waals surface area contributed by atoms with Gasteiger partial charge in [-0.1, -0.05) is 0 Å². The summed E-state index contributed by atoms with van der Waals surface area (Å²) in [6.45, 7) is 7.91. The third kappa shape index (κ3) is 3.82. The minimum atomic E-state index is -2.99. The second-order valence-electron chi connectivity index (χ2n) is 8.66. The van der Waals surface area contributed by atoms with Crippen molar-refractivity contribution in [2.75, 3.05) is 24.7 Å². The Hall–Kier alpha value is -1.67. The summed E-state index contributed by atoms with van der Waals surface area (Å²) < 4.78 is 33.5. The van der Waals surface area contributed by atoms with Gasteiger partial charge in [-0.2, -0.15) is 5.10 Å².